The molecule has 2 aliphatic rings. The van der Waals surface area contributed by atoms with Gasteiger partial charge in [-0.2, -0.15) is 10.4 Å². The monoisotopic (exact) mass is 464 g/mol. The van der Waals surface area contributed by atoms with Crippen molar-refractivity contribution in [3.8, 4) is 6.07 Å². The van der Waals surface area contributed by atoms with E-state index < -0.39 is 0 Å². The van der Waals surface area contributed by atoms with Gasteiger partial charge in [0.05, 0.1) is 17.4 Å². The lowest BCUT2D eigenvalue weighted by Crippen LogP contribution is -2.48. The maximum atomic E-state index is 12.9. The summed E-state index contributed by atoms with van der Waals surface area (Å²) in [6, 6.07) is 5.97. The van der Waals surface area contributed by atoms with Crippen LogP contribution in [0.2, 0.25) is 0 Å². The molecule has 2 aromatic rings. The molecule has 0 radical (unpaired) electrons. The molecule has 2 aromatic heterocycles. The Morgan fingerprint density at radius 2 is 2.03 bits per heavy atom. The summed E-state index contributed by atoms with van der Waals surface area (Å²) < 4.78 is 0. The molecule has 2 saturated heterocycles. The first-order valence-corrected chi connectivity index (χ1v) is 11.8. The van der Waals surface area contributed by atoms with E-state index in [1.807, 2.05) is 24.9 Å². The van der Waals surface area contributed by atoms with E-state index in [9.17, 15) is 9.59 Å². The van der Waals surface area contributed by atoms with Gasteiger partial charge in [0, 0.05) is 77.1 Å². The fourth-order valence-electron chi connectivity index (χ4n) is 4.78. The second-order valence-electron chi connectivity index (χ2n) is 9.07. The van der Waals surface area contributed by atoms with Crippen molar-refractivity contribution < 1.29 is 4.79 Å². The molecule has 1 amide bonds. The molecule has 0 unspecified atom stereocenters. The first-order valence-electron chi connectivity index (χ1n) is 11.8. The molecule has 0 aliphatic carbocycles. The predicted octanol–water partition coefficient (Wildman–Crippen LogP) is 0.985. The second kappa shape index (κ2) is 10.7. The van der Waals surface area contributed by atoms with Gasteiger partial charge in [-0.15, -0.1) is 0 Å². The summed E-state index contributed by atoms with van der Waals surface area (Å²) in [5, 5.41) is 15.4. The molecule has 4 heterocycles. The summed E-state index contributed by atoms with van der Waals surface area (Å²) in [5.41, 5.74) is 1.94. The number of anilines is 2. The van der Waals surface area contributed by atoms with Crippen LogP contribution in [0, 0.1) is 18.3 Å². The zero-order valence-corrected chi connectivity index (χ0v) is 19.9. The van der Waals surface area contributed by atoms with Crippen LogP contribution in [0.4, 0.5) is 11.5 Å². The zero-order chi connectivity index (χ0) is 24.1. The van der Waals surface area contributed by atoms with E-state index in [0.29, 0.717) is 24.1 Å². The maximum Gasteiger partial charge on any atom is 0.269 e. The van der Waals surface area contributed by atoms with Gasteiger partial charge in [0.1, 0.15) is 11.9 Å². The number of hydrogen-bond donors (Lipinski definition) is 1. The van der Waals surface area contributed by atoms with Crippen LogP contribution < -0.4 is 15.4 Å². The Morgan fingerprint density at radius 1 is 1.24 bits per heavy atom. The third-order valence-electron chi connectivity index (χ3n) is 6.89. The average Bonchev–Trinajstić information content (AvgIpc) is 3.32. The van der Waals surface area contributed by atoms with E-state index in [0.717, 1.165) is 63.6 Å². The van der Waals surface area contributed by atoms with Crippen LogP contribution in [0.3, 0.4) is 0 Å². The first kappa shape index (κ1) is 23.7. The van der Waals surface area contributed by atoms with Crippen LogP contribution >= 0.6 is 0 Å². The minimum absolute atomic E-state index is 0.142. The lowest BCUT2D eigenvalue weighted by Gasteiger charge is -2.35. The van der Waals surface area contributed by atoms with Gasteiger partial charge < -0.3 is 14.7 Å². The van der Waals surface area contributed by atoms with Crippen LogP contribution in [-0.2, 0) is 4.79 Å². The molecule has 1 atom stereocenters. The average molecular weight is 465 g/mol. The number of rotatable bonds is 7. The number of likely N-dealkylation sites (N-methyl/N-ethyl adjacent to an activating group) is 1. The smallest absolute Gasteiger partial charge is 0.269 e. The number of H-pyrrole nitrogens is 1. The van der Waals surface area contributed by atoms with E-state index in [-0.39, 0.29) is 17.5 Å². The molecule has 2 aliphatic heterocycles. The molecule has 1 N–H and O–H groups in total. The molecule has 0 aromatic carbocycles. The maximum absolute atomic E-state index is 12.9. The standard InChI is InChI=1S/C24H32N8O2/c1-18-21(16-27-28-24(18)34)32-8-3-4-20(32)17-29(2)23(33)7-9-30-10-12-31(13-11-30)22-6-5-19(14-25)15-26-22/h5-6,15-16,20H,3-4,7-13,17H2,1-2H3,(H,28,34)/t20-/m0/s1. The number of hydrogen-bond acceptors (Lipinski definition) is 8. The van der Waals surface area contributed by atoms with E-state index in [1.54, 1.807) is 18.5 Å². The van der Waals surface area contributed by atoms with Crippen molar-refractivity contribution in [2.45, 2.75) is 32.2 Å². The summed E-state index contributed by atoms with van der Waals surface area (Å²) in [4.78, 5) is 37.8. The molecule has 0 saturated carbocycles. The van der Waals surface area contributed by atoms with Crippen molar-refractivity contribution in [2.75, 3.05) is 62.7 Å². The van der Waals surface area contributed by atoms with Crippen LogP contribution in [0.5, 0.6) is 0 Å². The number of nitrogens with zero attached hydrogens (tertiary/aromatic N) is 7. The topological polar surface area (TPSA) is 112 Å². The number of carbonyl (C=O) groups is 1. The van der Waals surface area contributed by atoms with Crippen LogP contribution in [-0.4, -0.2) is 89.8 Å². The number of aromatic amines is 1. The molecule has 10 nitrogen and oxygen atoms in total. The van der Waals surface area contributed by atoms with Crippen LogP contribution in [0.1, 0.15) is 30.4 Å². The number of carbonyl (C=O) groups excluding carboxylic acids is 1. The predicted molar refractivity (Wildman–Crippen MR) is 130 cm³/mol. The highest BCUT2D eigenvalue weighted by Crippen LogP contribution is 2.26. The van der Waals surface area contributed by atoms with Gasteiger partial charge in [0.25, 0.3) is 5.56 Å². The number of pyridine rings is 1. The van der Waals surface area contributed by atoms with E-state index in [4.69, 9.17) is 5.26 Å². The highest BCUT2D eigenvalue weighted by Gasteiger charge is 2.29. The van der Waals surface area contributed by atoms with Crippen molar-refractivity contribution in [3.63, 3.8) is 0 Å². The number of nitriles is 1. The first-order chi connectivity index (χ1) is 16.5. The Hall–Kier alpha value is -3.45. The zero-order valence-electron chi connectivity index (χ0n) is 19.9. The normalized spacial score (nSPS) is 18.7. The molecular formula is C24H32N8O2. The van der Waals surface area contributed by atoms with E-state index >= 15 is 0 Å². The minimum Gasteiger partial charge on any atom is -0.365 e. The Bertz CT molecular complexity index is 1090. The molecule has 0 spiro atoms. The summed E-state index contributed by atoms with van der Waals surface area (Å²) in [7, 11) is 1.87. The Kier molecular flexibility index (Phi) is 7.43. The second-order valence-corrected chi connectivity index (χ2v) is 9.07. The minimum atomic E-state index is -0.164. The van der Waals surface area contributed by atoms with Crippen molar-refractivity contribution in [3.05, 3.63) is 46.0 Å². The Balaban J connectivity index is 1.24. The Morgan fingerprint density at radius 3 is 2.74 bits per heavy atom. The van der Waals surface area contributed by atoms with Crippen LogP contribution in [0.15, 0.2) is 29.3 Å². The highest BCUT2D eigenvalue weighted by atomic mass is 16.2. The largest absolute Gasteiger partial charge is 0.365 e. The molecule has 0 bridgehead atoms. The summed E-state index contributed by atoms with van der Waals surface area (Å²) >= 11 is 0. The molecule has 4 rings (SSSR count). The number of aromatic nitrogens is 3. The van der Waals surface area contributed by atoms with Gasteiger partial charge in [-0.25, -0.2) is 10.1 Å². The summed E-state index contributed by atoms with van der Waals surface area (Å²) in [6.07, 6.45) is 5.84. The Labute approximate surface area is 199 Å². The fraction of sp³-hybridized carbons (Fsp3) is 0.542. The highest BCUT2D eigenvalue weighted by molar-refractivity contribution is 5.76. The van der Waals surface area contributed by atoms with E-state index in [2.05, 4.69) is 36.0 Å². The van der Waals surface area contributed by atoms with Crippen molar-refractivity contribution in [2.24, 2.45) is 0 Å². The van der Waals surface area contributed by atoms with Gasteiger partial charge >= 0.3 is 0 Å². The van der Waals surface area contributed by atoms with Gasteiger partial charge in [-0.1, -0.05) is 0 Å². The summed E-state index contributed by atoms with van der Waals surface area (Å²) in [6.45, 7) is 7.53. The third-order valence-corrected chi connectivity index (χ3v) is 6.89. The summed E-state index contributed by atoms with van der Waals surface area (Å²) in [5.74, 6) is 1.03. The van der Waals surface area contributed by atoms with Gasteiger partial charge in [0.15, 0.2) is 0 Å². The SMILES string of the molecule is Cc1c(N2CCC[C@H]2CN(C)C(=O)CCN2CCN(c3ccc(C#N)cn3)CC2)cn[nH]c1=O. The van der Waals surface area contributed by atoms with Gasteiger partial charge in [-0.05, 0) is 31.9 Å². The van der Waals surface area contributed by atoms with Crippen molar-refractivity contribution in [1.82, 2.24) is 25.0 Å². The van der Waals surface area contributed by atoms with Gasteiger partial charge in [0.2, 0.25) is 5.91 Å². The van der Waals surface area contributed by atoms with E-state index in [1.165, 1.54) is 0 Å². The number of nitrogens with one attached hydrogen (secondary N) is 1. The van der Waals surface area contributed by atoms with Crippen LogP contribution in [0.25, 0.3) is 0 Å². The lowest BCUT2D eigenvalue weighted by atomic mass is 10.1. The third kappa shape index (κ3) is 5.37. The molecule has 34 heavy (non-hydrogen) atoms. The lowest BCUT2D eigenvalue weighted by molar-refractivity contribution is -0.130. The molecule has 2 fully saturated rings. The number of piperazine rings is 1. The molecular weight excluding hydrogens is 432 g/mol. The van der Waals surface area contributed by atoms with Crippen molar-refractivity contribution in [1.29, 1.82) is 5.26 Å². The van der Waals surface area contributed by atoms with Gasteiger partial charge in [-0.3, -0.25) is 14.5 Å². The fourth-order valence-corrected chi connectivity index (χ4v) is 4.78. The number of amides is 1. The quantitative estimate of drug-likeness (QED) is 0.645. The van der Waals surface area contributed by atoms with Crippen molar-refractivity contribution >= 4 is 17.4 Å². The molecule has 10 heteroatoms. The molecule has 180 valence electrons.